The lowest BCUT2D eigenvalue weighted by Crippen LogP contribution is -1.96. The van der Waals surface area contributed by atoms with E-state index in [1.54, 1.807) is 6.20 Å². The molecule has 0 aliphatic rings. The SMILES string of the molecule is c1ccc(-c2cc(-c3ccc(-c4cccnc4)cc3)nc(-c3cccc(-c4ccc5ccc6c(-c7ccc8ccccc8c7)ccc7ccc4c5c76)c3)n2)cc1. The van der Waals surface area contributed by atoms with Crippen molar-refractivity contribution in [2.75, 3.05) is 0 Å². The van der Waals surface area contributed by atoms with E-state index in [-0.39, 0.29) is 0 Å². The monoisotopic (exact) mass is 711 g/mol. The Morgan fingerprint density at radius 1 is 0.304 bits per heavy atom. The van der Waals surface area contributed by atoms with Crippen molar-refractivity contribution in [3.8, 4) is 67.3 Å². The van der Waals surface area contributed by atoms with Crippen LogP contribution in [-0.2, 0) is 0 Å². The summed E-state index contributed by atoms with van der Waals surface area (Å²) in [5.41, 5.74) is 11.8. The third kappa shape index (κ3) is 5.49. The van der Waals surface area contributed by atoms with Crippen LogP contribution in [-0.4, -0.2) is 15.0 Å². The molecule has 11 aromatic rings. The highest BCUT2D eigenvalue weighted by atomic mass is 14.9. The normalized spacial score (nSPS) is 11.6. The number of hydrogen-bond acceptors (Lipinski definition) is 3. The first kappa shape index (κ1) is 32.0. The molecular weight excluding hydrogens is 679 g/mol. The topological polar surface area (TPSA) is 38.7 Å². The van der Waals surface area contributed by atoms with E-state index < -0.39 is 0 Å². The molecule has 3 heteroatoms. The van der Waals surface area contributed by atoms with Gasteiger partial charge >= 0.3 is 0 Å². The van der Waals surface area contributed by atoms with Crippen LogP contribution in [0, 0.1) is 0 Å². The Kier molecular flexibility index (Phi) is 7.49. The third-order valence-electron chi connectivity index (χ3n) is 11.1. The standard InChI is InChI=1S/C53H33N3/c1-2-9-36(10-3-1)49-32-50(37-18-15-35(16-19-37)44-14-7-29-54-33-44)56-53(55-49)43-13-6-12-41(31-43)45-25-21-38-24-28-48-46(26-22-39-23-27-47(45)51(38)52(39)48)42-20-17-34-8-4-5-11-40(34)30-42/h1-33H. The molecule has 0 saturated carbocycles. The summed E-state index contributed by atoms with van der Waals surface area (Å²) in [6.07, 6.45) is 3.69. The van der Waals surface area contributed by atoms with Gasteiger partial charge in [0.25, 0.3) is 0 Å². The second-order valence-electron chi connectivity index (χ2n) is 14.4. The fourth-order valence-corrected chi connectivity index (χ4v) is 8.34. The maximum absolute atomic E-state index is 5.20. The van der Waals surface area contributed by atoms with Crippen LogP contribution < -0.4 is 0 Å². The van der Waals surface area contributed by atoms with Crippen LogP contribution in [0.1, 0.15) is 0 Å². The lowest BCUT2D eigenvalue weighted by Gasteiger charge is -2.17. The van der Waals surface area contributed by atoms with Crippen molar-refractivity contribution >= 4 is 43.1 Å². The number of aromatic nitrogens is 3. The Balaban J connectivity index is 1.04. The van der Waals surface area contributed by atoms with Crippen LogP contribution in [0.25, 0.3) is 110 Å². The molecule has 2 heterocycles. The molecule has 9 aromatic carbocycles. The van der Waals surface area contributed by atoms with Crippen LogP contribution in [0.15, 0.2) is 200 Å². The molecule has 260 valence electrons. The first-order chi connectivity index (χ1) is 27.7. The molecule has 3 nitrogen and oxygen atoms in total. The van der Waals surface area contributed by atoms with Crippen LogP contribution in [0.4, 0.5) is 0 Å². The molecule has 11 rings (SSSR count). The van der Waals surface area contributed by atoms with Crippen LogP contribution in [0.2, 0.25) is 0 Å². The predicted octanol–water partition coefficient (Wildman–Crippen LogP) is 13.9. The number of benzene rings is 9. The van der Waals surface area contributed by atoms with Gasteiger partial charge in [0.1, 0.15) is 0 Å². The summed E-state index contributed by atoms with van der Waals surface area (Å²) in [6.45, 7) is 0. The van der Waals surface area contributed by atoms with Crippen LogP contribution >= 0.6 is 0 Å². The molecular formula is C53H33N3. The van der Waals surface area contributed by atoms with Gasteiger partial charge < -0.3 is 0 Å². The van der Waals surface area contributed by atoms with Crippen molar-refractivity contribution in [3.63, 3.8) is 0 Å². The quantitative estimate of drug-likeness (QED) is 0.161. The van der Waals surface area contributed by atoms with Crippen molar-refractivity contribution in [1.29, 1.82) is 0 Å². The second kappa shape index (κ2) is 13.1. The van der Waals surface area contributed by atoms with E-state index in [9.17, 15) is 0 Å². The first-order valence-corrected chi connectivity index (χ1v) is 19.0. The lowest BCUT2D eigenvalue weighted by atomic mass is 9.87. The van der Waals surface area contributed by atoms with E-state index in [0.717, 1.165) is 44.8 Å². The highest BCUT2D eigenvalue weighted by Gasteiger charge is 2.17. The average Bonchev–Trinajstić information content (AvgIpc) is 3.28. The van der Waals surface area contributed by atoms with Gasteiger partial charge in [0, 0.05) is 29.1 Å². The van der Waals surface area contributed by atoms with Gasteiger partial charge in [0.15, 0.2) is 5.82 Å². The van der Waals surface area contributed by atoms with Crippen molar-refractivity contribution in [2.24, 2.45) is 0 Å². The highest BCUT2D eigenvalue weighted by Crippen LogP contribution is 2.43. The van der Waals surface area contributed by atoms with Crippen molar-refractivity contribution < 1.29 is 0 Å². The number of nitrogens with zero attached hydrogens (tertiary/aromatic N) is 3. The fourth-order valence-electron chi connectivity index (χ4n) is 8.34. The molecule has 0 unspecified atom stereocenters. The molecule has 0 aliphatic heterocycles. The summed E-state index contributed by atoms with van der Waals surface area (Å²) in [5, 5.41) is 10.1. The van der Waals surface area contributed by atoms with Crippen LogP contribution in [0.5, 0.6) is 0 Å². The molecule has 0 aliphatic carbocycles. The van der Waals surface area contributed by atoms with E-state index >= 15 is 0 Å². The smallest absolute Gasteiger partial charge is 0.160 e. The van der Waals surface area contributed by atoms with Gasteiger partial charge in [-0.2, -0.15) is 0 Å². The fraction of sp³-hybridized carbons (Fsp3) is 0. The first-order valence-electron chi connectivity index (χ1n) is 19.0. The zero-order valence-corrected chi connectivity index (χ0v) is 30.4. The van der Waals surface area contributed by atoms with Gasteiger partial charge in [0.05, 0.1) is 11.4 Å². The Morgan fingerprint density at radius 3 is 1.54 bits per heavy atom. The average molecular weight is 712 g/mol. The van der Waals surface area contributed by atoms with Gasteiger partial charge in [-0.25, -0.2) is 9.97 Å². The molecule has 0 radical (unpaired) electrons. The molecule has 0 spiro atoms. The van der Waals surface area contributed by atoms with E-state index in [4.69, 9.17) is 9.97 Å². The molecule has 0 fully saturated rings. The summed E-state index contributed by atoms with van der Waals surface area (Å²) in [6, 6.07) is 67.3. The van der Waals surface area contributed by atoms with Crippen molar-refractivity contribution in [1.82, 2.24) is 15.0 Å². The summed E-state index contributed by atoms with van der Waals surface area (Å²) in [7, 11) is 0. The van der Waals surface area contributed by atoms with Gasteiger partial charge in [-0.15, -0.1) is 0 Å². The van der Waals surface area contributed by atoms with Gasteiger partial charge in [0.2, 0.25) is 0 Å². The van der Waals surface area contributed by atoms with Crippen LogP contribution in [0.3, 0.4) is 0 Å². The van der Waals surface area contributed by atoms with Gasteiger partial charge in [-0.3, -0.25) is 4.98 Å². The Hall–Kier alpha value is -7.49. The number of fused-ring (bicyclic) bond motifs is 1. The molecule has 0 N–H and O–H groups in total. The Bertz CT molecular complexity index is 3230. The summed E-state index contributed by atoms with van der Waals surface area (Å²) < 4.78 is 0. The molecule has 2 aromatic heterocycles. The number of hydrogen-bond donors (Lipinski definition) is 0. The maximum Gasteiger partial charge on any atom is 0.160 e. The maximum atomic E-state index is 5.20. The third-order valence-corrected chi connectivity index (χ3v) is 11.1. The highest BCUT2D eigenvalue weighted by molar-refractivity contribution is 6.27. The summed E-state index contributed by atoms with van der Waals surface area (Å²) >= 11 is 0. The van der Waals surface area contributed by atoms with Gasteiger partial charge in [-0.05, 0) is 101 Å². The lowest BCUT2D eigenvalue weighted by molar-refractivity contribution is 1.18. The van der Waals surface area contributed by atoms with E-state index in [2.05, 4.69) is 181 Å². The Labute approximate surface area is 324 Å². The van der Waals surface area contributed by atoms with E-state index in [0.29, 0.717) is 5.82 Å². The minimum absolute atomic E-state index is 0.692. The summed E-state index contributed by atoms with van der Waals surface area (Å²) in [5.74, 6) is 0.692. The van der Waals surface area contributed by atoms with Crippen molar-refractivity contribution in [3.05, 3.63) is 200 Å². The second-order valence-corrected chi connectivity index (χ2v) is 14.4. The predicted molar refractivity (Wildman–Crippen MR) is 234 cm³/mol. The largest absolute Gasteiger partial charge is 0.264 e. The minimum atomic E-state index is 0.692. The molecule has 56 heavy (non-hydrogen) atoms. The molecule has 0 amide bonds. The molecule has 0 saturated heterocycles. The molecule has 0 bridgehead atoms. The van der Waals surface area contributed by atoms with E-state index in [1.165, 1.54) is 59.8 Å². The van der Waals surface area contributed by atoms with Crippen molar-refractivity contribution in [2.45, 2.75) is 0 Å². The number of rotatable bonds is 6. The Morgan fingerprint density at radius 2 is 0.839 bits per heavy atom. The number of pyridine rings is 1. The zero-order chi connectivity index (χ0) is 37.0. The minimum Gasteiger partial charge on any atom is -0.264 e. The zero-order valence-electron chi connectivity index (χ0n) is 30.4. The summed E-state index contributed by atoms with van der Waals surface area (Å²) in [4.78, 5) is 14.7. The van der Waals surface area contributed by atoms with E-state index in [1.807, 2.05) is 18.3 Å². The molecule has 0 atom stereocenters. The van der Waals surface area contributed by atoms with Gasteiger partial charge in [-0.1, -0.05) is 164 Å².